The Balaban J connectivity index is 2.13. The van der Waals surface area contributed by atoms with Gasteiger partial charge in [0, 0.05) is 37.7 Å². The highest BCUT2D eigenvalue weighted by Gasteiger charge is 2.33. The topological polar surface area (TPSA) is 50.3 Å². The van der Waals surface area contributed by atoms with Crippen molar-refractivity contribution in [2.45, 2.75) is 45.1 Å². The molecule has 1 fully saturated rings. The van der Waals surface area contributed by atoms with Crippen molar-refractivity contribution in [1.29, 1.82) is 0 Å². The Labute approximate surface area is 128 Å². The lowest BCUT2D eigenvalue weighted by Gasteiger charge is -2.25. The van der Waals surface area contributed by atoms with E-state index in [0.29, 0.717) is 6.42 Å². The highest BCUT2D eigenvalue weighted by atomic mass is 19.3. The molecule has 0 radical (unpaired) electrons. The molecule has 1 aliphatic carbocycles. The summed E-state index contributed by atoms with van der Waals surface area (Å²) in [6.07, 6.45) is 3.39. The van der Waals surface area contributed by atoms with E-state index in [1.165, 1.54) is 12.3 Å². The number of nitrogens with zero attached hydrogens (tertiary/aromatic N) is 2. The van der Waals surface area contributed by atoms with Gasteiger partial charge in [-0.2, -0.15) is 8.78 Å². The molecular weight excluding hydrogens is 290 g/mol. The Kier molecular flexibility index (Phi) is 4.58. The van der Waals surface area contributed by atoms with Crippen LogP contribution in [0.1, 0.15) is 49.2 Å². The minimum atomic E-state index is -3.08. The van der Waals surface area contributed by atoms with Gasteiger partial charge in [-0.1, -0.05) is 0 Å². The molecule has 1 heterocycles. The van der Waals surface area contributed by atoms with Crippen molar-refractivity contribution in [2.75, 3.05) is 7.05 Å². The van der Waals surface area contributed by atoms with E-state index in [9.17, 15) is 18.4 Å². The number of halogens is 2. The van der Waals surface area contributed by atoms with Crippen LogP contribution in [0.25, 0.3) is 0 Å². The Morgan fingerprint density at radius 2 is 2.05 bits per heavy atom. The predicted octanol–water partition coefficient (Wildman–Crippen LogP) is 3.02. The third kappa shape index (κ3) is 3.48. The average molecular weight is 310 g/mol. The van der Waals surface area contributed by atoms with E-state index in [2.05, 4.69) is 4.98 Å². The highest BCUT2D eigenvalue weighted by Crippen LogP contribution is 2.30. The van der Waals surface area contributed by atoms with Crippen LogP contribution in [-0.4, -0.2) is 34.7 Å². The van der Waals surface area contributed by atoms with E-state index in [1.54, 1.807) is 18.9 Å². The molecule has 1 aromatic rings. The summed E-state index contributed by atoms with van der Waals surface area (Å²) >= 11 is 0. The van der Waals surface area contributed by atoms with Crippen molar-refractivity contribution >= 4 is 11.7 Å². The number of hydrogen-bond acceptors (Lipinski definition) is 3. The van der Waals surface area contributed by atoms with Gasteiger partial charge in [-0.3, -0.25) is 14.6 Å². The molecule has 0 spiro atoms. The molecular formula is C16H20F2N2O2. The quantitative estimate of drug-likeness (QED) is 0.859. The lowest BCUT2D eigenvalue weighted by Crippen LogP contribution is -2.36. The SMILES string of the molecule is CC(=O)[C@@H]1CC[C@@H](N(C)C(=O)c2ccnc(C(C)(F)F)c2)C1. The van der Waals surface area contributed by atoms with E-state index in [0.717, 1.165) is 25.8 Å². The van der Waals surface area contributed by atoms with Crippen LogP contribution in [0.15, 0.2) is 18.3 Å². The second-order valence-electron chi connectivity index (χ2n) is 6.01. The standard InChI is InChI=1S/C16H20F2N2O2/c1-10(21)11-4-5-13(8-11)20(3)15(22)12-6-7-19-14(9-12)16(2,17)18/h6-7,9,11,13H,4-5,8H2,1-3H3/t11-,13-/m1/s1. The summed E-state index contributed by atoms with van der Waals surface area (Å²) in [6, 6.07) is 2.54. The molecule has 1 aliphatic rings. The van der Waals surface area contributed by atoms with Gasteiger partial charge < -0.3 is 4.90 Å². The zero-order valence-corrected chi connectivity index (χ0v) is 13.0. The van der Waals surface area contributed by atoms with Crippen LogP contribution in [-0.2, 0) is 10.7 Å². The van der Waals surface area contributed by atoms with Gasteiger partial charge in [0.2, 0.25) is 0 Å². The highest BCUT2D eigenvalue weighted by molar-refractivity contribution is 5.94. The molecule has 0 N–H and O–H groups in total. The zero-order valence-electron chi connectivity index (χ0n) is 13.0. The number of carbonyl (C=O) groups excluding carboxylic acids is 2. The second kappa shape index (κ2) is 6.10. The third-order valence-corrected chi connectivity index (χ3v) is 4.30. The molecule has 2 atom stereocenters. The molecule has 0 aliphatic heterocycles. The summed E-state index contributed by atoms with van der Waals surface area (Å²) in [7, 11) is 1.65. The predicted molar refractivity (Wildman–Crippen MR) is 77.7 cm³/mol. The summed E-state index contributed by atoms with van der Waals surface area (Å²) in [5.74, 6) is -3.27. The molecule has 1 aromatic heterocycles. The Morgan fingerprint density at radius 3 is 2.59 bits per heavy atom. The number of carbonyl (C=O) groups is 2. The lowest BCUT2D eigenvalue weighted by atomic mass is 10.0. The number of alkyl halides is 2. The third-order valence-electron chi connectivity index (χ3n) is 4.30. The van der Waals surface area contributed by atoms with Gasteiger partial charge in [0.05, 0.1) is 0 Å². The number of ketones is 1. The second-order valence-corrected chi connectivity index (χ2v) is 6.01. The van der Waals surface area contributed by atoms with E-state index >= 15 is 0 Å². The van der Waals surface area contributed by atoms with Crippen molar-refractivity contribution in [3.63, 3.8) is 0 Å². The largest absolute Gasteiger partial charge is 0.339 e. The normalized spacial score (nSPS) is 21.7. The first kappa shape index (κ1) is 16.5. The lowest BCUT2D eigenvalue weighted by molar-refractivity contribution is -0.120. The maximum atomic E-state index is 13.3. The number of amides is 1. The Morgan fingerprint density at radius 1 is 1.36 bits per heavy atom. The van der Waals surface area contributed by atoms with Crippen LogP contribution in [0.5, 0.6) is 0 Å². The molecule has 22 heavy (non-hydrogen) atoms. The smallest absolute Gasteiger partial charge is 0.286 e. The van der Waals surface area contributed by atoms with Crippen LogP contribution in [0.3, 0.4) is 0 Å². The Bertz CT molecular complexity index is 584. The maximum Gasteiger partial charge on any atom is 0.286 e. The van der Waals surface area contributed by atoms with Gasteiger partial charge in [0.1, 0.15) is 11.5 Å². The summed E-state index contributed by atoms with van der Waals surface area (Å²) < 4.78 is 26.6. The van der Waals surface area contributed by atoms with E-state index in [-0.39, 0.29) is 29.2 Å². The number of aromatic nitrogens is 1. The summed E-state index contributed by atoms with van der Waals surface area (Å²) in [6.45, 7) is 2.31. The number of hydrogen-bond donors (Lipinski definition) is 0. The average Bonchev–Trinajstić information content (AvgIpc) is 2.95. The molecule has 6 heteroatoms. The van der Waals surface area contributed by atoms with Crippen LogP contribution in [0.4, 0.5) is 8.78 Å². The first-order valence-corrected chi connectivity index (χ1v) is 7.32. The maximum absolute atomic E-state index is 13.3. The van der Waals surface area contributed by atoms with Gasteiger partial charge in [-0.25, -0.2) is 0 Å². The minimum Gasteiger partial charge on any atom is -0.339 e. The van der Waals surface area contributed by atoms with Gasteiger partial charge >= 0.3 is 0 Å². The molecule has 0 unspecified atom stereocenters. The number of Topliss-reactive ketones (excluding diaryl/α,β-unsaturated/α-hetero) is 1. The fraction of sp³-hybridized carbons (Fsp3) is 0.562. The van der Waals surface area contributed by atoms with Gasteiger partial charge in [-0.05, 0) is 38.3 Å². The van der Waals surface area contributed by atoms with Crippen LogP contribution in [0, 0.1) is 5.92 Å². The van der Waals surface area contributed by atoms with Gasteiger partial charge in [0.15, 0.2) is 0 Å². The molecule has 0 saturated heterocycles. The molecule has 4 nitrogen and oxygen atoms in total. The van der Waals surface area contributed by atoms with Crippen molar-refractivity contribution in [2.24, 2.45) is 5.92 Å². The van der Waals surface area contributed by atoms with Crippen LogP contribution >= 0.6 is 0 Å². The molecule has 1 amide bonds. The van der Waals surface area contributed by atoms with E-state index in [1.807, 2.05) is 0 Å². The molecule has 0 aromatic carbocycles. The minimum absolute atomic E-state index is 0.00627. The molecule has 2 rings (SSSR count). The molecule has 0 bridgehead atoms. The number of pyridine rings is 1. The van der Waals surface area contributed by atoms with E-state index < -0.39 is 11.6 Å². The van der Waals surface area contributed by atoms with Crippen molar-refractivity contribution < 1.29 is 18.4 Å². The van der Waals surface area contributed by atoms with Crippen molar-refractivity contribution in [3.05, 3.63) is 29.6 Å². The van der Waals surface area contributed by atoms with Crippen molar-refractivity contribution in [3.8, 4) is 0 Å². The first-order valence-electron chi connectivity index (χ1n) is 7.32. The molecule has 120 valence electrons. The number of rotatable bonds is 4. The molecule has 1 saturated carbocycles. The van der Waals surface area contributed by atoms with Crippen LogP contribution < -0.4 is 0 Å². The zero-order chi connectivity index (χ0) is 16.5. The van der Waals surface area contributed by atoms with Crippen molar-refractivity contribution in [1.82, 2.24) is 9.88 Å². The van der Waals surface area contributed by atoms with Crippen LogP contribution in [0.2, 0.25) is 0 Å². The summed E-state index contributed by atoms with van der Waals surface area (Å²) in [4.78, 5) is 29.0. The monoisotopic (exact) mass is 310 g/mol. The van der Waals surface area contributed by atoms with E-state index in [4.69, 9.17) is 0 Å². The Hall–Kier alpha value is -1.85. The fourth-order valence-corrected chi connectivity index (χ4v) is 2.85. The summed E-state index contributed by atoms with van der Waals surface area (Å²) in [5.41, 5.74) is -0.222. The first-order chi connectivity index (χ1) is 10.2. The van der Waals surface area contributed by atoms with Gasteiger partial charge in [-0.15, -0.1) is 0 Å². The summed E-state index contributed by atoms with van der Waals surface area (Å²) in [5, 5.41) is 0. The fourth-order valence-electron chi connectivity index (χ4n) is 2.85. The van der Waals surface area contributed by atoms with Gasteiger partial charge in [0.25, 0.3) is 11.8 Å².